The Kier molecular flexibility index (Phi) is 5.06. The van der Waals surface area contributed by atoms with Gasteiger partial charge in [0, 0.05) is 5.71 Å². The molecule has 0 spiro atoms. The summed E-state index contributed by atoms with van der Waals surface area (Å²) in [5.41, 5.74) is 1.30. The predicted octanol–water partition coefficient (Wildman–Crippen LogP) is 5.26. The number of hydrogen-bond donors (Lipinski definition) is 0. The van der Waals surface area contributed by atoms with Gasteiger partial charge in [-0.2, -0.15) is 0 Å². The molecule has 0 fully saturated rings. The summed E-state index contributed by atoms with van der Waals surface area (Å²) in [6.45, 7) is 23.0. The number of aliphatic imine (C=N–C) groups is 1. The Balaban J connectivity index is 4.59. The topological polar surface area (TPSA) is 12.4 Å². The molecule has 0 aromatic rings. The minimum atomic E-state index is 0.0960. The monoisotopic (exact) mass is 239 g/mol. The molecule has 2 heteroatoms. The zero-order chi connectivity index (χ0) is 13.1. The quantitative estimate of drug-likeness (QED) is 0.612. The van der Waals surface area contributed by atoms with E-state index in [4.69, 9.17) is 0 Å². The van der Waals surface area contributed by atoms with Gasteiger partial charge < -0.3 is 0 Å². The van der Waals surface area contributed by atoms with Gasteiger partial charge in [0.15, 0.2) is 0 Å². The van der Waals surface area contributed by atoms with E-state index in [0.29, 0.717) is 0 Å². The lowest BCUT2D eigenvalue weighted by molar-refractivity contribution is 0.535. The summed E-state index contributed by atoms with van der Waals surface area (Å²) in [5.74, 6) is 0. The van der Waals surface area contributed by atoms with E-state index >= 15 is 0 Å². The van der Waals surface area contributed by atoms with Crippen LogP contribution >= 0.6 is 11.8 Å². The Morgan fingerprint density at radius 1 is 0.938 bits per heavy atom. The highest BCUT2D eigenvalue weighted by Crippen LogP contribution is 2.37. The van der Waals surface area contributed by atoms with Crippen molar-refractivity contribution in [1.82, 2.24) is 0 Å². The molecular formula is C14H25NS. The molecule has 0 amide bonds. The first-order chi connectivity index (χ1) is 6.94. The van der Waals surface area contributed by atoms with E-state index < -0.39 is 0 Å². The average Bonchev–Trinajstić information content (AvgIpc) is 1.99. The fraction of sp³-hybridized carbons (Fsp3) is 0.643. The molecule has 0 bridgehead atoms. The lowest BCUT2D eigenvalue weighted by Gasteiger charge is -2.22. The van der Waals surface area contributed by atoms with Gasteiger partial charge in [0.05, 0.1) is 5.03 Å². The van der Waals surface area contributed by atoms with Crippen molar-refractivity contribution in [3.05, 3.63) is 23.1 Å². The maximum atomic E-state index is 4.53. The van der Waals surface area contributed by atoms with E-state index in [1.54, 1.807) is 11.8 Å². The van der Waals surface area contributed by atoms with Crippen LogP contribution in [-0.2, 0) is 0 Å². The van der Waals surface area contributed by atoms with Crippen LogP contribution in [0.1, 0.15) is 48.5 Å². The van der Waals surface area contributed by atoms with Crippen LogP contribution in [0.3, 0.4) is 0 Å². The number of thioether (sulfide) groups is 1. The van der Waals surface area contributed by atoms with E-state index in [1.807, 2.05) is 6.92 Å². The normalized spacial score (nSPS) is 13.8. The van der Waals surface area contributed by atoms with Crippen LogP contribution in [0.5, 0.6) is 0 Å². The first kappa shape index (κ1) is 15.5. The molecule has 0 heterocycles. The van der Waals surface area contributed by atoms with Crippen molar-refractivity contribution in [1.29, 1.82) is 0 Å². The van der Waals surface area contributed by atoms with Crippen LogP contribution in [0.15, 0.2) is 28.1 Å². The first-order valence-electron chi connectivity index (χ1n) is 5.56. The van der Waals surface area contributed by atoms with E-state index in [0.717, 1.165) is 15.6 Å². The molecule has 0 aromatic heterocycles. The van der Waals surface area contributed by atoms with Gasteiger partial charge in [0.25, 0.3) is 0 Å². The molecule has 0 aromatic carbocycles. The molecule has 0 radical (unpaired) electrons. The zero-order valence-corrected chi connectivity index (χ0v) is 12.6. The Bertz CT molecular complexity index is 311. The summed E-state index contributed by atoms with van der Waals surface area (Å²) in [5, 5.41) is 0.826. The van der Waals surface area contributed by atoms with E-state index in [-0.39, 0.29) is 10.8 Å². The Morgan fingerprint density at radius 3 is 1.69 bits per heavy atom. The fourth-order valence-corrected chi connectivity index (χ4v) is 1.45. The molecule has 0 rings (SSSR count). The molecule has 92 valence electrons. The number of nitrogens with zero attached hydrogens (tertiary/aromatic N) is 1. The fourth-order valence-electron chi connectivity index (χ4n) is 0.673. The predicted molar refractivity (Wildman–Crippen MR) is 77.9 cm³/mol. The van der Waals surface area contributed by atoms with E-state index in [1.165, 1.54) is 0 Å². The van der Waals surface area contributed by atoms with Gasteiger partial charge in [0.1, 0.15) is 0 Å². The van der Waals surface area contributed by atoms with Crippen molar-refractivity contribution < 1.29 is 0 Å². The lowest BCUT2D eigenvalue weighted by atomic mass is 9.91. The molecule has 0 aliphatic rings. The second kappa shape index (κ2) is 5.22. The third-order valence-electron chi connectivity index (χ3n) is 2.46. The van der Waals surface area contributed by atoms with Crippen molar-refractivity contribution in [2.24, 2.45) is 15.8 Å². The highest BCUT2D eigenvalue weighted by atomic mass is 32.2. The van der Waals surface area contributed by atoms with Crippen LogP contribution in [0.2, 0.25) is 0 Å². The van der Waals surface area contributed by atoms with Crippen molar-refractivity contribution in [2.75, 3.05) is 0 Å². The van der Waals surface area contributed by atoms with Gasteiger partial charge in [-0.1, -0.05) is 66.5 Å². The third-order valence-corrected chi connectivity index (χ3v) is 3.64. The molecule has 16 heavy (non-hydrogen) atoms. The molecular weight excluding hydrogens is 214 g/mol. The highest BCUT2D eigenvalue weighted by molar-refractivity contribution is 8.06. The van der Waals surface area contributed by atoms with Gasteiger partial charge in [-0.3, -0.25) is 4.99 Å². The number of hydrogen-bond acceptors (Lipinski definition) is 2. The average molecular weight is 239 g/mol. The molecule has 0 saturated carbocycles. The van der Waals surface area contributed by atoms with Crippen molar-refractivity contribution >= 4 is 17.5 Å². The van der Waals surface area contributed by atoms with Gasteiger partial charge in [-0.15, -0.1) is 0 Å². The molecule has 0 saturated heterocycles. The zero-order valence-electron chi connectivity index (χ0n) is 11.8. The van der Waals surface area contributed by atoms with Crippen molar-refractivity contribution in [3.8, 4) is 0 Å². The summed E-state index contributed by atoms with van der Waals surface area (Å²) in [6, 6.07) is 0. The highest BCUT2D eigenvalue weighted by Gasteiger charge is 2.18. The number of allylic oxidation sites excluding steroid dienone is 1. The van der Waals surface area contributed by atoms with E-state index in [2.05, 4.69) is 59.7 Å². The minimum Gasteiger partial charge on any atom is -0.251 e. The molecule has 0 unspecified atom stereocenters. The SMILES string of the molecule is C=C(/N=C(\C)C(C)(C)C)SC(=C)C(C)(C)C. The molecule has 0 N–H and O–H groups in total. The maximum Gasteiger partial charge on any atom is 0.0931 e. The van der Waals surface area contributed by atoms with Gasteiger partial charge in [-0.25, -0.2) is 0 Å². The first-order valence-corrected chi connectivity index (χ1v) is 6.38. The largest absolute Gasteiger partial charge is 0.251 e. The second-order valence-electron chi connectivity index (χ2n) is 6.12. The smallest absolute Gasteiger partial charge is 0.0931 e. The maximum absolute atomic E-state index is 4.53. The molecule has 0 aliphatic heterocycles. The number of rotatable bonds is 3. The van der Waals surface area contributed by atoms with Crippen molar-refractivity contribution in [3.63, 3.8) is 0 Å². The lowest BCUT2D eigenvalue weighted by Crippen LogP contribution is -2.16. The molecule has 0 atom stereocenters. The molecule has 0 aliphatic carbocycles. The summed E-state index contributed by atoms with van der Waals surface area (Å²) >= 11 is 1.57. The van der Waals surface area contributed by atoms with Crippen LogP contribution < -0.4 is 0 Å². The van der Waals surface area contributed by atoms with Crippen LogP contribution in [0.4, 0.5) is 0 Å². The molecule has 1 nitrogen and oxygen atoms in total. The van der Waals surface area contributed by atoms with Gasteiger partial charge in [-0.05, 0) is 22.7 Å². The van der Waals surface area contributed by atoms with Gasteiger partial charge in [0.2, 0.25) is 0 Å². The van der Waals surface area contributed by atoms with E-state index in [9.17, 15) is 0 Å². The summed E-state index contributed by atoms with van der Waals surface area (Å²) in [4.78, 5) is 5.63. The van der Waals surface area contributed by atoms with Crippen LogP contribution in [0.25, 0.3) is 0 Å². The van der Waals surface area contributed by atoms with Crippen LogP contribution in [-0.4, -0.2) is 5.71 Å². The summed E-state index contributed by atoms with van der Waals surface area (Å²) < 4.78 is 0. The Hall–Kier alpha value is -0.500. The third kappa shape index (κ3) is 5.55. The Morgan fingerprint density at radius 2 is 1.38 bits per heavy atom. The van der Waals surface area contributed by atoms with Crippen molar-refractivity contribution in [2.45, 2.75) is 48.5 Å². The van der Waals surface area contributed by atoms with Gasteiger partial charge >= 0.3 is 0 Å². The standard InChI is InChI=1S/C14H25NS/c1-10(13(4,5)6)15-12(3)16-11(2)14(7,8)9/h2-3H2,1,4-9H3/b15-10+. The summed E-state index contributed by atoms with van der Waals surface area (Å²) in [6.07, 6.45) is 0. The minimum absolute atomic E-state index is 0.0960. The second-order valence-corrected chi connectivity index (χ2v) is 7.28. The van der Waals surface area contributed by atoms with Crippen LogP contribution in [0, 0.1) is 10.8 Å². The summed E-state index contributed by atoms with van der Waals surface area (Å²) in [7, 11) is 0. The Labute approximate surface area is 105 Å².